The van der Waals surface area contributed by atoms with Crippen LogP contribution in [0.2, 0.25) is 0 Å². The van der Waals surface area contributed by atoms with Crippen LogP contribution in [0.3, 0.4) is 0 Å². The van der Waals surface area contributed by atoms with Gasteiger partial charge in [-0.15, -0.1) is 6.58 Å². The number of allylic oxidation sites excluding steroid dienone is 2. The Morgan fingerprint density at radius 2 is 2.12 bits per heavy atom. The van der Waals surface area contributed by atoms with Crippen LogP contribution in [-0.2, 0) is 14.9 Å². The number of hydrogen-bond donors (Lipinski definition) is 1. The van der Waals surface area contributed by atoms with E-state index in [0.717, 1.165) is 24.8 Å². The first-order chi connectivity index (χ1) is 12.1. The Morgan fingerprint density at radius 3 is 2.80 bits per heavy atom. The highest BCUT2D eigenvalue weighted by Crippen LogP contribution is 2.56. The van der Waals surface area contributed by atoms with Gasteiger partial charge in [0.2, 0.25) is 0 Å². The molecule has 1 aliphatic carbocycles. The summed E-state index contributed by atoms with van der Waals surface area (Å²) in [5.41, 5.74) is 1.06. The Labute approximate surface area is 148 Å². The first-order valence-corrected chi connectivity index (χ1v) is 8.94. The summed E-state index contributed by atoms with van der Waals surface area (Å²) >= 11 is 0. The zero-order valence-corrected chi connectivity index (χ0v) is 14.4. The molecule has 25 heavy (non-hydrogen) atoms. The van der Waals surface area contributed by atoms with Crippen LogP contribution in [-0.4, -0.2) is 23.8 Å². The lowest BCUT2D eigenvalue weighted by Crippen LogP contribution is -2.38. The monoisotopic (exact) mass is 344 g/mol. The lowest BCUT2D eigenvalue weighted by Gasteiger charge is -2.38. The molecule has 3 rings (SSSR count). The maximum absolute atomic E-state index is 13.3. The molecule has 0 unspecified atom stereocenters. The van der Waals surface area contributed by atoms with E-state index in [4.69, 9.17) is 9.84 Å². The van der Waals surface area contributed by atoms with Gasteiger partial charge in [-0.05, 0) is 49.3 Å². The first-order valence-electron chi connectivity index (χ1n) is 8.94. The molecule has 3 nitrogen and oxygen atoms in total. The van der Waals surface area contributed by atoms with Crippen molar-refractivity contribution in [3.63, 3.8) is 0 Å². The maximum Gasteiger partial charge on any atom is 0.303 e. The molecule has 2 aliphatic rings. The number of ether oxygens (including phenoxy) is 1. The highest BCUT2D eigenvalue weighted by Gasteiger charge is 2.58. The lowest BCUT2D eigenvalue weighted by atomic mass is 9.69. The molecule has 4 atom stereocenters. The predicted molar refractivity (Wildman–Crippen MR) is 94.9 cm³/mol. The van der Waals surface area contributed by atoms with Crippen molar-refractivity contribution in [1.29, 1.82) is 0 Å². The summed E-state index contributed by atoms with van der Waals surface area (Å²) in [5.74, 6) is -0.295. The smallest absolute Gasteiger partial charge is 0.303 e. The average molecular weight is 344 g/mol. The topological polar surface area (TPSA) is 46.5 Å². The molecule has 0 aromatic heterocycles. The Hall–Kier alpha value is -1.94. The quantitative estimate of drug-likeness (QED) is 0.558. The van der Waals surface area contributed by atoms with Gasteiger partial charge < -0.3 is 9.84 Å². The van der Waals surface area contributed by atoms with Crippen molar-refractivity contribution in [1.82, 2.24) is 0 Å². The lowest BCUT2D eigenvalue weighted by molar-refractivity contribution is -0.137. The third-order valence-electron chi connectivity index (χ3n) is 5.73. The molecule has 0 amide bonds. The summed E-state index contributed by atoms with van der Waals surface area (Å²) in [5, 5.41) is 8.68. The second kappa shape index (κ2) is 7.52. The molecule has 0 spiro atoms. The van der Waals surface area contributed by atoms with Gasteiger partial charge in [0.25, 0.3) is 0 Å². The largest absolute Gasteiger partial charge is 0.481 e. The Bertz CT molecular complexity index is 652. The van der Waals surface area contributed by atoms with Gasteiger partial charge in [-0.1, -0.05) is 30.4 Å². The highest BCUT2D eigenvalue weighted by atomic mass is 19.1. The summed E-state index contributed by atoms with van der Waals surface area (Å²) in [6, 6.07) is 6.82. The molecule has 1 saturated heterocycles. The van der Waals surface area contributed by atoms with Gasteiger partial charge >= 0.3 is 5.97 Å². The van der Waals surface area contributed by atoms with Gasteiger partial charge in [0, 0.05) is 17.8 Å². The van der Waals surface area contributed by atoms with Crippen LogP contribution in [0, 0.1) is 17.7 Å². The predicted octanol–water partition coefficient (Wildman–Crippen LogP) is 4.49. The number of hydrogen-bond acceptors (Lipinski definition) is 2. The van der Waals surface area contributed by atoms with Gasteiger partial charge in [0.05, 0.1) is 12.7 Å². The molecule has 2 bridgehead atoms. The minimum atomic E-state index is -0.749. The Kier molecular flexibility index (Phi) is 5.38. The van der Waals surface area contributed by atoms with E-state index in [1.54, 1.807) is 0 Å². The summed E-state index contributed by atoms with van der Waals surface area (Å²) < 4.78 is 19.3. The number of halogens is 1. The minimum Gasteiger partial charge on any atom is -0.481 e. The second-order valence-corrected chi connectivity index (χ2v) is 7.13. The van der Waals surface area contributed by atoms with Gasteiger partial charge in [-0.2, -0.15) is 0 Å². The third-order valence-corrected chi connectivity index (χ3v) is 5.73. The molecule has 1 saturated carbocycles. The number of fused-ring (bicyclic) bond motifs is 2. The SMILES string of the molecule is C=C[C@@H]1[C@@H]2C[C@@](c3ccc(F)cc3)(CO2)[C@H]1C/C=C\CCCC(=O)O. The fourth-order valence-electron chi connectivity index (χ4n) is 4.49. The molecule has 1 aromatic rings. The first kappa shape index (κ1) is 17.9. The average Bonchev–Trinajstić information content (AvgIpc) is 3.15. The number of unbranched alkanes of at least 4 members (excludes halogenated alkanes) is 1. The molecule has 1 heterocycles. The third kappa shape index (κ3) is 3.54. The van der Waals surface area contributed by atoms with Crippen molar-refractivity contribution in [2.75, 3.05) is 6.61 Å². The van der Waals surface area contributed by atoms with E-state index in [0.29, 0.717) is 24.9 Å². The van der Waals surface area contributed by atoms with Crippen LogP contribution in [0.15, 0.2) is 49.1 Å². The van der Waals surface area contributed by atoms with Crippen LogP contribution in [0.5, 0.6) is 0 Å². The summed E-state index contributed by atoms with van der Waals surface area (Å²) in [6.45, 7) is 4.67. The normalized spacial score (nSPS) is 30.8. The molecule has 0 radical (unpaired) electrons. The van der Waals surface area contributed by atoms with Crippen molar-refractivity contribution in [2.45, 2.75) is 43.6 Å². The van der Waals surface area contributed by atoms with Crippen LogP contribution >= 0.6 is 0 Å². The maximum atomic E-state index is 13.3. The van der Waals surface area contributed by atoms with Crippen molar-refractivity contribution < 1.29 is 19.0 Å². The number of benzene rings is 1. The van der Waals surface area contributed by atoms with E-state index in [-0.39, 0.29) is 23.8 Å². The van der Waals surface area contributed by atoms with E-state index >= 15 is 0 Å². The number of carboxylic acid groups (broad SMARTS) is 1. The van der Waals surface area contributed by atoms with Crippen molar-refractivity contribution in [2.24, 2.45) is 11.8 Å². The fourth-order valence-corrected chi connectivity index (χ4v) is 4.49. The highest BCUT2D eigenvalue weighted by molar-refractivity contribution is 5.66. The van der Waals surface area contributed by atoms with E-state index in [1.165, 1.54) is 12.1 Å². The molecule has 1 aliphatic heterocycles. The van der Waals surface area contributed by atoms with Gasteiger partial charge in [-0.3, -0.25) is 4.79 Å². The molecule has 1 aromatic carbocycles. The van der Waals surface area contributed by atoms with Crippen LogP contribution in [0.1, 0.15) is 37.7 Å². The van der Waals surface area contributed by atoms with Gasteiger partial charge in [-0.25, -0.2) is 4.39 Å². The number of carboxylic acids is 1. The van der Waals surface area contributed by atoms with Gasteiger partial charge in [0.1, 0.15) is 5.82 Å². The van der Waals surface area contributed by atoms with Crippen LogP contribution in [0.4, 0.5) is 4.39 Å². The summed E-state index contributed by atoms with van der Waals surface area (Å²) in [7, 11) is 0. The summed E-state index contributed by atoms with van der Waals surface area (Å²) in [4.78, 5) is 10.6. The zero-order chi connectivity index (χ0) is 17.9. The van der Waals surface area contributed by atoms with Crippen molar-refractivity contribution in [3.8, 4) is 0 Å². The number of aliphatic carboxylic acids is 1. The zero-order valence-electron chi connectivity index (χ0n) is 14.4. The van der Waals surface area contributed by atoms with E-state index < -0.39 is 5.97 Å². The second-order valence-electron chi connectivity index (χ2n) is 7.13. The molecule has 4 heteroatoms. The Morgan fingerprint density at radius 1 is 1.36 bits per heavy atom. The molecule has 2 fully saturated rings. The number of carbonyl (C=O) groups is 1. The van der Waals surface area contributed by atoms with Crippen molar-refractivity contribution >= 4 is 5.97 Å². The standard InChI is InChI=1S/C21H25FO3/c1-2-17-18(7-5-3-4-6-8-20(23)24)21(13-19(17)25-14-21)15-9-11-16(22)12-10-15/h2-3,5,9-12,17-19H,1,4,6-8,13-14H2,(H,23,24)/b5-3-/t17-,18-,19-,21-/m0/s1. The van der Waals surface area contributed by atoms with E-state index in [9.17, 15) is 9.18 Å². The van der Waals surface area contributed by atoms with E-state index in [1.807, 2.05) is 18.2 Å². The number of rotatable bonds is 8. The fraction of sp³-hybridized carbons (Fsp3) is 0.476. The van der Waals surface area contributed by atoms with E-state index in [2.05, 4.69) is 18.7 Å². The molecule has 134 valence electrons. The molecule has 1 N–H and O–H groups in total. The minimum absolute atomic E-state index is 0.0807. The van der Waals surface area contributed by atoms with Gasteiger partial charge in [0.15, 0.2) is 0 Å². The molecular weight excluding hydrogens is 319 g/mol. The van der Waals surface area contributed by atoms with Crippen molar-refractivity contribution in [3.05, 3.63) is 60.5 Å². The van der Waals surface area contributed by atoms with Crippen LogP contribution in [0.25, 0.3) is 0 Å². The Balaban J connectivity index is 1.72. The molecular formula is C21H25FO3. The van der Waals surface area contributed by atoms with Crippen LogP contribution < -0.4 is 0 Å². The summed E-state index contributed by atoms with van der Waals surface area (Å²) in [6.07, 6.45) is 9.93.